The van der Waals surface area contributed by atoms with E-state index in [4.69, 9.17) is 5.11 Å². The number of hydrogen-bond donors (Lipinski definition) is 4. The van der Waals surface area contributed by atoms with Crippen molar-refractivity contribution in [1.29, 1.82) is 0 Å². The van der Waals surface area contributed by atoms with Crippen molar-refractivity contribution < 1.29 is 41.1 Å². The average molecular weight is 405 g/mol. The molecule has 1 aromatic rings. The number of benzene rings is 1. The number of phenolic OH excluding ortho intramolecular Hbond substituents is 1. The molecule has 5 nitrogen and oxygen atoms in total. The summed E-state index contributed by atoms with van der Waals surface area (Å²) in [6, 6.07) is 3.40. The minimum Gasteiger partial charge on any atom is -0.507 e. The minimum absolute atomic E-state index is 0. The Morgan fingerprint density at radius 2 is 1.25 bits per heavy atom. The van der Waals surface area contributed by atoms with Gasteiger partial charge in [-0.15, -0.1) is 0 Å². The summed E-state index contributed by atoms with van der Waals surface area (Å²) in [4.78, 5) is 18.4. The Morgan fingerprint density at radius 3 is 1.46 bits per heavy atom. The van der Waals surface area contributed by atoms with Crippen LogP contribution in [0, 0.1) is 0 Å². The van der Waals surface area contributed by atoms with E-state index in [9.17, 15) is 19.5 Å². The second-order valence-corrected chi connectivity index (χ2v) is 9.32. The van der Waals surface area contributed by atoms with Crippen LogP contribution in [0.5, 0.6) is 5.75 Å². The Bertz CT molecular complexity index is 532. The summed E-state index contributed by atoms with van der Waals surface area (Å²) in [7, 11) is -4.13. The molecule has 0 amide bonds. The van der Waals surface area contributed by atoms with Gasteiger partial charge in [-0.05, 0) is 34.4 Å². The molecule has 1 aromatic carbocycles. The van der Waals surface area contributed by atoms with Crippen LogP contribution in [0.1, 0.15) is 65.2 Å². The van der Waals surface area contributed by atoms with Crippen molar-refractivity contribution >= 4 is 7.60 Å². The fourth-order valence-electron chi connectivity index (χ4n) is 2.17. The molecule has 24 heavy (non-hydrogen) atoms. The number of hydrogen-bond acceptors (Lipinski definition) is 3. The van der Waals surface area contributed by atoms with E-state index in [1.165, 1.54) is 0 Å². The molecule has 0 radical (unpaired) electrons. The first-order valence-electron chi connectivity index (χ1n) is 7.65. The van der Waals surface area contributed by atoms with Gasteiger partial charge in [0.25, 0.3) is 0 Å². The van der Waals surface area contributed by atoms with Gasteiger partial charge in [0.05, 0.1) is 6.16 Å². The van der Waals surface area contributed by atoms with Gasteiger partial charge in [-0.3, -0.25) is 4.57 Å². The average Bonchev–Trinajstić information content (AvgIpc) is 2.27. The standard InChI is InChI=1S/C15H25O4P.C2H6O.Ni/c1-14(2,3)11-7-10(9-20(17,18)19)8-12(13(11)16)15(4,5)6;1-2-3;/h7-8,16H,9H2,1-6H3,(H2,17,18,19);3H,2H2,1H3;. The summed E-state index contributed by atoms with van der Waals surface area (Å²) in [6.07, 6.45) is -0.306. The molecule has 0 aliphatic carbocycles. The smallest absolute Gasteiger partial charge is 0.329 e. The molecule has 0 atom stereocenters. The van der Waals surface area contributed by atoms with Gasteiger partial charge in [-0.1, -0.05) is 53.7 Å². The van der Waals surface area contributed by atoms with Crippen molar-refractivity contribution in [2.24, 2.45) is 0 Å². The van der Waals surface area contributed by atoms with Crippen LogP contribution in [0.25, 0.3) is 0 Å². The molecule has 0 aliphatic rings. The molecule has 0 aliphatic heterocycles. The second-order valence-electron chi connectivity index (χ2n) is 7.68. The number of aliphatic hydroxyl groups is 1. The van der Waals surface area contributed by atoms with Gasteiger partial charge in [0, 0.05) is 23.1 Å². The molecule has 0 spiro atoms. The van der Waals surface area contributed by atoms with Gasteiger partial charge < -0.3 is 20.0 Å². The zero-order chi connectivity index (χ0) is 18.6. The maximum Gasteiger partial charge on any atom is 0.329 e. The molecular formula is C17H31NiO5P. The van der Waals surface area contributed by atoms with Crippen LogP contribution in [0.2, 0.25) is 0 Å². The van der Waals surface area contributed by atoms with Crippen LogP contribution < -0.4 is 0 Å². The summed E-state index contributed by atoms with van der Waals surface area (Å²) < 4.78 is 11.2. The van der Waals surface area contributed by atoms with E-state index in [-0.39, 0.29) is 45.8 Å². The normalized spacial score (nSPS) is 12.1. The van der Waals surface area contributed by atoms with E-state index in [1.807, 2.05) is 41.5 Å². The van der Waals surface area contributed by atoms with Gasteiger partial charge in [0.1, 0.15) is 5.75 Å². The third-order valence-corrected chi connectivity index (χ3v) is 3.95. The van der Waals surface area contributed by atoms with Gasteiger partial charge in [-0.25, -0.2) is 0 Å². The molecule has 0 bridgehead atoms. The Labute approximate surface area is 155 Å². The molecule has 0 heterocycles. The van der Waals surface area contributed by atoms with E-state index in [1.54, 1.807) is 19.1 Å². The first-order chi connectivity index (χ1) is 10.1. The number of phenols is 1. The molecular weight excluding hydrogens is 374 g/mol. The van der Waals surface area contributed by atoms with Gasteiger partial charge in [-0.2, -0.15) is 0 Å². The van der Waals surface area contributed by atoms with Crippen LogP contribution >= 0.6 is 7.60 Å². The third-order valence-electron chi connectivity index (χ3n) is 3.17. The molecule has 0 unspecified atom stereocenters. The summed E-state index contributed by atoms with van der Waals surface area (Å²) in [5.74, 6) is 0.222. The number of aromatic hydroxyl groups is 1. The number of rotatable bonds is 2. The SMILES string of the molecule is CC(C)(C)c1cc(CP(=O)(O)O)cc(C(C)(C)C)c1O.CCO.[Ni]. The maximum atomic E-state index is 11.2. The predicted octanol–water partition coefficient (Wildman–Crippen LogP) is 3.66. The Morgan fingerprint density at radius 1 is 0.958 bits per heavy atom. The van der Waals surface area contributed by atoms with Crippen LogP contribution in [0.15, 0.2) is 12.1 Å². The van der Waals surface area contributed by atoms with Gasteiger partial charge in [0.15, 0.2) is 0 Å². The molecule has 0 aromatic heterocycles. The molecule has 7 heteroatoms. The molecule has 4 N–H and O–H groups in total. The summed E-state index contributed by atoms with van der Waals surface area (Å²) >= 11 is 0. The second kappa shape index (κ2) is 9.36. The van der Waals surface area contributed by atoms with Crippen molar-refractivity contribution in [2.45, 2.75) is 65.5 Å². The van der Waals surface area contributed by atoms with Crippen LogP contribution in [0.3, 0.4) is 0 Å². The fraction of sp³-hybridized carbons (Fsp3) is 0.647. The van der Waals surface area contributed by atoms with E-state index < -0.39 is 7.60 Å². The summed E-state index contributed by atoms with van der Waals surface area (Å²) in [5.41, 5.74) is 1.40. The van der Waals surface area contributed by atoms with Crippen molar-refractivity contribution in [3.05, 3.63) is 28.8 Å². The molecule has 144 valence electrons. The van der Waals surface area contributed by atoms with Gasteiger partial charge in [0.2, 0.25) is 0 Å². The van der Waals surface area contributed by atoms with Crippen molar-refractivity contribution in [1.82, 2.24) is 0 Å². The maximum absolute atomic E-state index is 11.2. The minimum atomic E-state index is -4.13. The zero-order valence-electron chi connectivity index (χ0n) is 15.5. The van der Waals surface area contributed by atoms with Crippen LogP contribution in [0.4, 0.5) is 0 Å². The zero-order valence-corrected chi connectivity index (χ0v) is 17.4. The fourth-order valence-corrected chi connectivity index (χ4v) is 2.83. The number of aliphatic hydroxyl groups excluding tert-OH is 1. The van der Waals surface area contributed by atoms with E-state index in [0.717, 1.165) is 0 Å². The van der Waals surface area contributed by atoms with Crippen LogP contribution in [-0.2, 0) is 38.0 Å². The van der Waals surface area contributed by atoms with Crippen molar-refractivity contribution in [3.8, 4) is 5.75 Å². The summed E-state index contributed by atoms with van der Waals surface area (Å²) in [6.45, 7) is 13.7. The van der Waals surface area contributed by atoms with E-state index >= 15 is 0 Å². The van der Waals surface area contributed by atoms with Crippen molar-refractivity contribution in [2.75, 3.05) is 6.61 Å². The summed E-state index contributed by atoms with van der Waals surface area (Å²) in [5, 5.41) is 18.1. The Hall–Kier alpha value is -0.376. The van der Waals surface area contributed by atoms with Gasteiger partial charge >= 0.3 is 7.60 Å². The van der Waals surface area contributed by atoms with Crippen molar-refractivity contribution in [3.63, 3.8) is 0 Å². The predicted molar refractivity (Wildman–Crippen MR) is 94.0 cm³/mol. The Kier molecular flexibility index (Phi) is 10.1. The Balaban J connectivity index is 0. The molecule has 0 saturated carbocycles. The van der Waals surface area contributed by atoms with Crippen LogP contribution in [-0.4, -0.2) is 26.6 Å². The third kappa shape index (κ3) is 8.64. The topological polar surface area (TPSA) is 98.0 Å². The molecule has 0 saturated heterocycles. The quantitative estimate of drug-likeness (QED) is 0.445. The van der Waals surface area contributed by atoms with E-state index in [0.29, 0.717) is 16.7 Å². The first kappa shape index (κ1) is 25.9. The largest absolute Gasteiger partial charge is 0.507 e. The van der Waals surface area contributed by atoms with E-state index in [2.05, 4.69) is 0 Å². The molecule has 1 rings (SSSR count). The molecule has 0 fully saturated rings. The first-order valence-corrected chi connectivity index (χ1v) is 9.45. The monoisotopic (exact) mass is 404 g/mol.